The normalized spacial score (nSPS) is 10.7. The zero-order valence-corrected chi connectivity index (χ0v) is 10.6. The molecule has 1 aromatic heterocycles. The highest BCUT2D eigenvalue weighted by atomic mass is 79.9. The maximum atomic E-state index is 13.1. The van der Waals surface area contributed by atoms with Crippen LogP contribution in [-0.4, -0.2) is 20.2 Å². The zero-order valence-electron chi connectivity index (χ0n) is 8.19. The smallest absolute Gasteiger partial charge is 0.213 e. The molecule has 1 aromatic carbocycles. The first kappa shape index (κ1) is 11.3. The van der Waals surface area contributed by atoms with Crippen LogP contribution in [0.2, 0.25) is 0 Å². The van der Waals surface area contributed by atoms with Crippen molar-refractivity contribution in [3.05, 3.63) is 22.4 Å². The van der Waals surface area contributed by atoms with Crippen molar-refractivity contribution >= 4 is 33.4 Å². The van der Waals surface area contributed by atoms with E-state index in [1.54, 1.807) is 13.1 Å². The molecule has 0 spiro atoms. The molecule has 84 valence electrons. The second-order valence-corrected chi connectivity index (χ2v) is 4.85. The van der Waals surface area contributed by atoms with Crippen LogP contribution in [-0.2, 0) is 7.05 Å². The molecule has 0 radical (unpaired) electrons. The number of tetrazole rings is 1. The van der Waals surface area contributed by atoms with E-state index >= 15 is 0 Å². The highest BCUT2D eigenvalue weighted by molar-refractivity contribution is 9.10. The Morgan fingerprint density at radius 1 is 1.50 bits per heavy atom. The summed E-state index contributed by atoms with van der Waals surface area (Å²) in [4.78, 5) is 0.700. The summed E-state index contributed by atoms with van der Waals surface area (Å²) >= 11 is 4.38. The van der Waals surface area contributed by atoms with E-state index in [4.69, 9.17) is 5.73 Å². The molecule has 0 aliphatic rings. The fourth-order valence-corrected chi connectivity index (χ4v) is 2.33. The number of hydrogen-bond acceptors (Lipinski definition) is 5. The summed E-state index contributed by atoms with van der Waals surface area (Å²) in [6.07, 6.45) is 0. The summed E-state index contributed by atoms with van der Waals surface area (Å²) in [5, 5.41) is 11.6. The largest absolute Gasteiger partial charge is 0.398 e. The highest BCUT2D eigenvalue weighted by Crippen LogP contribution is 2.33. The van der Waals surface area contributed by atoms with E-state index in [1.807, 2.05) is 0 Å². The Morgan fingerprint density at radius 3 is 2.88 bits per heavy atom. The number of aryl methyl sites for hydroxylation is 1. The molecule has 0 aliphatic carbocycles. The lowest BCUT2D eigenvalue weighted by molar-refractivity contribution is 0.620. The van der Waals surface area contributed by atoms with Crippen molar-refractivity contribution in [3.8, 4) is 0 Å². The Labute approximate surface area is 103 Å². The molecule has 0 atom stereocenters. The van der Waals surface area contributed by atoms with Gasteiger partial charge in [-0.2, -0.15) is 0 Å². The molecule has 0 saturated heterocycles. The average Bonchev–Trinajstić information content (AvgIpc) is 2.61. The SMILES string of the molecule is Cn1nnnc1Sc1cc(Br)c(F)cc1N. The topological polar surface area (TPSA) is 69.6 Å². The van der Waals surface area contributed by atoms with Crippen LogP contribution >= 0.6 is 27.7 Å². The van der Waals surface area contributed by atoms with Crippen molar-refractivity contribution in [1.82, 2.24) is 20.2 Å². The number of hydrogen-bond donors (Lipinski definition) is 1. The summed E-state index contributed by atoms with van der Waals surface area (Å²) < 4.78 is 15.0. The number of aromatic nitrogens is 4. The van der Waals surface area contributed by atoms with E-state index in [0.29, 0.717) is 20.2 Å². The Hall–Kier alpha value is -1.15. The summed E-state index contributed by atoms with van der Waals surface area (Å²) in [7, 11) is 1.72. The number of nitrogens with two attached hydrogens (primary N) is 1. The van der Waals surface area contributed by atoms with Gasteiger partial charge >= 0.3 is 0 Å². The monoisotopic (exact) mass is 303 g/mol. The van der Waals surface area contributed by atoms with Crippen LogP contribution < -0.4 is 5.73 Å². The number of anilines is 1. The Balaban J connectivity index is 2.35. The van der Waals surface area contributed by atoms with Crippen LogP contribution in [0, 0.1) is 5.82 Å². The van der Waals surface area contributed by atoms with Gasteiger partial charge in [0.25, 0.3) is 0 Å². The number of rotatable bonds is 2. The number of nitrogens with zero attached hydrogens (tertiary/aromatic N) is 4. The second-order valence-electron chi connectivity index (χ2n) is 2.99. The predicted octanol–water partition coefficient (Wildman–Crippen LogP) is 1.85. The molecule has 0 saturated carbocycles. The van der Waals surface area contributed by atoms with Crippen LogP contribution in [0.25, 0.3) is 0 Å². The van der Waals surface area contributed by atoms with Gasteiger partial charge in [0.1, 0.15) is 5.82 Å². The Bertz CT molecular complexity index is 529. The maximum Gasteiger partial charge on any atom is 0.213 e. The lowest BCUT2D eigenvalue weighted by Crippen LogP contribution is -1.95. The molecule has 2 rings (SSSR count). The van der Waals surface area contributed by atoms with Crippen LogP contribution in [0.3, 0.4) is 0 Å². The van der Waals surface area contributed by atoms with Crippen molar-refractivity contribution in [2.75, 3.05) is 5.73 Å². The third-order valence-electron chi connectivity index (χ3n) is 1.84. The van der Waals surface area contributed by atoms with E-state index in [9.17, 15) is 4.39 Å². The van der Waals surface area contributed by atoms with Crippen LogP contribution in [0.4, 0.5) is 10.1 Å². The summed E-state index contributed by atoms with van der Waals surface area (Å²) in [5.74, 6) is -0.391. The minimum atomic E-state index is -0.391. The first-order valence-corrected chi connectivity index (χ1v) is 5.83. The first-order valence-electron chi connectivity index (χ1n) is 4.22. The predicted molar refractivity (Wildman–Crippen MR) is 61.4 cm³/mol. The molecule has 8 heteroatoms. The summed E-state index contributed by atoms with van der Waals surface area (Å²) in [6.45, 7) is 0. The van der Waals surface area contributed by atoms with Crippen molar-refractivity contribution in [3.63, 3.8) is 0 Å². The van der Waals surface area contributed by atoms with Crippen molar-refractivity contribution in [2.24, 2.45) is 7.05 Å². The van der Waals surface area contributed by atoms with Crippen molar-refractivity contribution in [1.29, 1.82) is 0 Å². The van der Waals surface area contributed by atoms with E-state index in [1.165, 1.54) is 22.5 Å². The van der Waals surface area contributed by atoms with Crippen molar-refractivity contribution in [2.45, 2.75) is 10.1 Å². The van der Waals surface area contributed by atoms with Gasteiger partial charge in [0, 0.05) is 17.6 Å². The third kappa shape index (κ3) is 2.17. The molecule has 2 N–H and O–H groups in total. The van der Waals surface area contributed by atoms with E-state index in [0.717, 1.165) is 0 Å². The Morgan fingerprint density at radius 2 is 2.25 bits per heavy atom. The minimum absolute atomic E-state index is 0.355. The van der Waals surface area contributed by atoms with E-state index < -0.39 is 5.82 Å². The second kappa shape index (κ2) is 4.38. The molecular weight excluding hydrogens is 297 g/mol. The van der Waals surface area contributed by atoms with Gasteiger partial charge < -0.3 is 5.73 Å². The van der Waals surface area contributed by atoms with Gasteiger partial charge in [-0.05, 0) is 50.3 Å². The van der Waals surface area contributed by atoms with Crippen molar-refractivity contribution < 1.29 is 4.39 Å². The Kier molecular flexibility index (Phi) is 3.10. The minimum Gasteiger partial charge on any atom is -0.398 e. The molecule has 5 nitrogen and oxygen atoms in total. The number of nitrogen functional groups attached to an aromatic ring is 1. The number of halogens is 2. The molecule has 0 unspecified atom stereocenters. The molecule has 0 bridgehead atoms. The zero-order chi connectivity index (χ0) is 11.7. The molecule has 0 aliphatic heterocycles. The molecular formula is C8H7BrFN5S. The average molecular weight is 304 g/mol. The lowest BCUT2D eigenvalue weighted by atomic mass is 10.3. The standard InChI is InChI=1S/C8H7BrFN5S/c1-15-8(12-13-14-15)16-7-2-4(9)5(10)3-6(7)11/h2-3H,11H2,1H3. The van der Waals surface area contributed by atoms with Gasteiger partial charge in [-0.3, -0.25) is 0 Å². The van der Waals surface area contributed by atoms with Gasteiger partial charge in [0.05, 0.1) is 4.47 Å². The van der Waals surface area contributed by atoms with Gasteiger partial charge in [-0.25, -0.2) is 9.07 Å². The van der Waals surface area contributed by atoms with Crippen LogP contribution in [0.1, 0.15) is 0 Å². The third-order valence-corrected chi connectivity index (χ3v) is 3.54. The van der Waals surface area contributed by atoms with Crippen LogP contribution in [0.5, 0.6) is 0 Å². The fourth-order valence-electron chi connectivity index (χ4n) is 1.04. The van der Waals surface area contributed by atoms with E-state index in [-0.39, 0.29) is 0 Å². The molecule has 2 aromatic rings. The summed E-state index contributed by atoms with van der Waals surface area (Å²) in [5.41, 5.74) is 6.05. The van der Waals surface area contributed by atoms with Gasteiger partial charge in [-0.15, -0.1) is 5.10 Å². The molecule has 1 heterocycles. The molecule has 0 fully saturated rings. The maximum absolute atomic E-state index is 13.1. The van der Waals surface area contributed by atoms with E-state index in [2.05, 4.69) is 31.5 Å². The first-order chi connectivity index (χ1) is 7.58. The molecule has 16 heavy (non-hydrogen) atoms. The van der Waals surface area contributed by atoms with Gasteiger partial charge in [0.2, 0.25) is 5.16 Å². The van der Waals surface area contributed by atoms with Crippen LogP contribution in [0.15, 0.2) is 26.7 Å². The fraction of sp³-hybridized carbons (Fsp3) is 0.125. The summed E-state index contributed by atoms with van der Waals surface area (Å²) in [6, 6.07) is 2.86. The van der Waals surface area contributed by atoms with Gasteiger partial charge in [0.15, 0.2) is 0 Å². The lowest BCUT2D eigenvalue weighted by Gasteiger charge is -2.05. The van der Waals surface area contributed by atoms with Gasteiger partial charge in [-0.1, -0.05) is 0 Å². The number of benzene rings is 1. The highest BCUT2D eigenvalue weighted by Gasteiger charge is 2.10. The quantitative estimate of drug-likeness (QED) is 0.857. The molecule has 0 amide bonds.